The molecule has 6 rings (SSSR count). The van der Waals surface area contributed by atoms with Gasteiger partial charge in [0.25, 0.3) is 5.91 Å². The molecule has 1 N–H and O–H groups in total. The molecule has 3 fully saturated rings. The van der Waals surface area contributed by atoms with Gasteiger partial charge in [-0.25, -0.2) is 4.79 Å². The van der Waals surface area contributed by atoms with E-state index in [0.29, 0.717) is 11.6 Å². The normalized spacial score (nSPS) is 24.4. The number of amides is 3. The van der Waals surface area contributed by atoms with Crippen LogP contribution in [0.5, 0.6) is 0 Å². The van der Waals surface area contributed by atoms with Crippen LogP contribution in [0.4, 0.5) is 11.4 Å². The van der Waals surface area contributed by atoms with Crippen LogP contribution in [0.2, 0.25) is 0 Å². The molecule has 0 radical (unpaired) electrons. The van der Waals surface area contributed by atoms with Crippen LogP contribution in [0.25, 0.3) is 0 Å². The van der Waals surface area contributed by atoms with E-state index in [0.717, 1.165) is 42.5 Å². The number of carbonyl (C=O) groups excluding carboxylic acids is 4. The fourth-order valence-electron chi connectivity index (χ4n) is 7.34. The Hall–Kier alpha value is -4.26. The number of hydrogen-bond donors (Lipinski definition) is 1. The van der Waals surface area contributed by atoms with Crippen molar-refractivity contribution in [3.8, 4) is 0 Å². The highest BCUT2D eigenvalue weighted by Crippen LogP contribution is 2.61. The summed E-state index contributed by atoms with van der Waals surface area (Å²) in [5.41, 5.74) is 4.78. The summed E-state index contributed by atoms with van der Waals surface area (Å²) in [4.78, 5) is 53.6. The Morgan fingerprint density at radius 3 is 2.15 bits per heavy atom. The van der Waals surface area contributed by atoms with Gasteiger partial charge in [0, 0.05) is 5.69 Å². The Labute approximate surface area is 239 Å². The van der Waals surface area contributed by atoms with Gasteiger partial charge in [0.2, 0.25) is 11.8 Å². The van der Waals surface area contributed by atoms with Crippen molar-refractivity contribution < 1.29 is 23.9 Å². The highest BCUT2D eigenvalue weighted by molar-refractivity contribution is 6.22. The molecule has 2 bridgehead atoms. The van der Waals surface area contributed by atoms with Crippen LogP contribution < -0.4 is 10.2 Å². The van der Waals surface area contributed by atoms with Crippen LogP contribution >= 0.6 is 0 Å². The average molecular weight is 551 g/mol. The average Bonchev–Trinajstić information content (AvgIpc) is 3.67. The van der Waals surface area contributed by atoms with Crippen molar-refractivity contribution in [2.45, 2.75) is 45.4 Å². The number of benzene rings is 3. The number of para-hydroxylation sites is 1. The molecule has 1 saturated heterocycles. The van der Waals surface area contributed by atoms with Gasteiger partial charge in [0.15, 0.2) is 6.61 Å². The molecule has 1 aliphatic heterocycles. The summed E-state index contributed by atoms with van der Waals surface area (Å²) >= 11 is 0. The van der Waals surface area contributed by atoms with Crippen molar-refractivity contribution in [3.05, 3.63) is 95.1 Å². The molecule has 2 aliphatic carbocycles. The summed E-state index contributed by atoms with van der Waals surface area (Å²) in [7, 11) is 0. The lowest BCUT2D eigenvalue weighted by molar-refractivity contribution is -0.123. The molecule has 0 unspecified atom stereocenters. The third-order valence-electron chi connectivity index (χ3n) is 9.20. The number of hydrogen-bond acceptors (Lipinski definition) is 5. The first-order valence-corrected chi connectivity index (χ1v) is 14.5. The Kier molecular flexibility index (Phi) is 7.20. The predicted octanol–water partition coefficient (Wildman–Crippen LogP) is 5.54. The SMILES string of the molecule is CCc1cccc(CC)c1NC(=O)COC(=O)c1ccc(N2C(=O)[C@@H]3[C@@H]4C[C@@H]([C@H]3C2=O)[C@H](c2ccccc2)C4)cc1. The van der Waals surface area contributed by atoms with Gasteiger partial charge in [-0.3, -0.25) is 19.3 Å². The van der Waals surface area contributed by atoms with E-state index in [4.69, 9.17) is 4.74 Å². The number of nitrogens with zero attached hydrogens (tertiary/aromatic N) is 1. The van der Waals surface area contributed by atoms with E-state index in [1.54, 1.807) is 12.1 Å². The van der Waals surface area contributed by atoms with E-state index in [1.165, 1.54) is 22.6 Å². The van der Waals surface area contributed by atoms with Gasteiger partial charge in [-0.15, -0.1) is 0 Å². The summed E-state index contributed by atoms with van der Waals surface area (Å²) in [5, 5.41) is 2.89. The van der Waals surface area contributed by atoms with Gasteiger partial charge < -0.3 is 10.1 Å². The van der Waals surface area contributed by atoms with Gasteiger partial charge in [-0.2, -0.15) is 0 Å². The smallest absolute Gasteiger partial charge is 0.338 e. The van der Waals surface area contributed by atoms with Crippen molar-refractivity contribution in [1.82, 2.24) is 0 Å². The second-order valence-corrected chi connectivity index (χ2v) is 11.3. The lowest BCUT2D eigenvalue weighted by atomic mass is 9.73. The summed E-state index contributed by atoms with van der Waals surface area (Å²) in [6.07, 6.45) is 3.40. The minimum Gasteiger partial charge on any atom is -0.452 e. The van der Waals surface area contributed by atoms with E-state index < -0.39 is 18.5 Å². The lowest BCUT2D eigenvalue weighted by Gasteiger charge is -2.28. The molecule has 2 saturated carbocycles. The minimum absolute atomic E-state index is 0.134. The molecule has 3 amide bonds. The number of rotatable bonds is 8. The molecule has 1 heterocycles. The molecule has 0 spiro atoms. The van der Waals surface area contributed by atoms with E-state index in [1.807, 2.05) is 50.2 Å². The number of fused-ring (bicyclic) bond motifs is 5. The zero-order valence-electron chi connectivity index (χ0n) is 23.3. The maximum Gasteiger partial charge on any atom is 0.338 e. The predicted molar refractivity (Wildman–Crippen MR) is 155 cm³/mol. The standard InChI is InChI=1S/C34H34N2O5/c1-3-20-11-8-12-21(4-2)31(20)35-28(37)19-41-34(40)23-13-15-25(16-14-23)36-32(38)29-24-17-26(22-9-6-5-7-10-22)27(18-24)30(29)33(36)39/h5-16,24,26-27,29-30H,3-4,17-19H2,1-2H3,(H,35,37)/t24-,26-,27+,29+,30+/m0/s1. The Balaban J connectivity index is 1.10. The van der Waals surface area contributed by atoms with Gasteiger partial charge >= 0.3 is 5.97 Å². The number of aryl methyl sites for hydroxylation is 2. The maximum atomic E-state index is 13.6. The van der Waals surface area contributed by atoms with E-state index in [9.17, 15) is 19.2 Å². The number of anilines is 2. The summed E-state index contributed by atoms with van der Waals surface area (Å²) in [6, 6.07) is 22.5. The number of imide groups is 1. The maximum absolute atomic E-state index is 13.6. The van der Waals surface area contributed by atoms with Crippen LogP contribution in [0.3, 0.4) is 0 Å². The monoisotopic (exact) mass is 550 g/mol. The van der Waals surface area contributed by atoms with E-state index in [-0.39, 0.29) is 41.0 Å². The van der Waals surface area contributed by atoms with Crippen molar-refractivity contribution in [1.29, 1.82) is 0 Å². The van der Waals surface area contributed by atoms with Crippen LogP contribution in [0.1, 0.15) is 59.7 Å². The second-order valence-electron chi connectivity index (χ2n) is 11.3. The number of nitrogens with one attached hydrogen (secondary N) is 1. The topological polar surface area (TPSA) is 92.8 Å². The molecule has 210 valence electrons. The highest BCUT2D eigenvalue weighted by Gasteiger charge is 2.64. The van der Waals surface area contributed by atoms with Crippen LogP contribution in [0, 0.1) is 23.7 Å². The highest BCUT2D eigenvalue weighted by atomic mass is 16.5. The fourth-order valence-corrected chi connectivity index (χ4v) is 7.34. The lowest BCUT2D eigenvalue weighted by Crippen LogP contribution is -2.33. The number of ether oxygens (including phenoxy) is 1. The van der Waals surface area contributed by atoms with Crippen LogP contribution in [-0.2, 0) is 32.0 Å². The van der Waals surface area contributed by atoms with Crippen molar-refractivity contribution in [2.75, 3.05) is 16.8 Å². The largest absolute Gasteiger partial charge is 0.452 e. The summed E-state index contributed by atoms with van der Waals surface area (Å²) < 4.78 is 5.27. The first-order valence-electron chi connectivity index (χ1n) is 14.5. The molecular weight excluding hydrogens is 516 g/mol. The molecular formula is C34H34N2O5. The Morgan fingerprint density at radius 1 is 0.829 bits per heavy atom. The molecule has 7 heteroatoms. The molecule has 3 aliphatic rings. The zero-order valence-corrected chi connectivity index (χ0v) is 23.3. The third kappa shape index (κ3) is 4.73. The molecule has 5 atom stereocenters. The van der Waals surface area contributed by atoms with Gasteiger partial charge in [0.05, 0.1) is 23.1 Å². The third-order valence-corrected chi connectivity index (χ3v) is 9.20. The van der Waals surface area contributed by atoms with Crippen molar-refractivity contribution >= 4 is 35.1 Å². The van der Waals surface area contributed by atoms with Gasteiger partial charge in [-0.05, 0) is 84.4 Å². The summed E-state index contributed by atoms with van der Waals surface area (Å²) in [5.74, 6) is -1.19. The van der Waals surface area contributed by atoms with Crippen molar-refractivity contribution in [2.24, 2.45) is 23.7 Å². The Bertz CT molecular complexity index is 1480. The number of carbonyl (C=O) groups is 4. The first kappa shape index (κ1) is 26.9. The van der Waals surface area contributed by atoms with Gasteiger partial charge in [0.1, 0.15) is 0 Å². The first-order chi connectivity index (χ1) is 19.9. The van der Waals surface area contributed by atoms with Crippen LogP contribution in [0.15, 0.2) is 72.8 Å². The molecule has 0 aromatic heterocycles. The molecule has 7 nitrogen and oxygen atoms in total. The van der Waals surface area contributed by atoms with Crippen LogP contribution in [-0.4, -0.2) is 30.3 Å². The molecule has 41 heavy (non-hydrogen) atoms. The summed E-state index contributed by atoms with van der Waals surface area (Å²) in [6.45, 7) is 3.63. The fraction of sp³-hybridized carbons (Fsp3) is 0.353. The van der Waals surface area contributed by atoms with Crippen molar-refractivity contribution in [3.63, 3.8) is 0 Å². The molecule has 3 aromatic carbocycles. The zero-order chi connectivity index (χ0) is 28.7. The van der Waals surface area contributed by atoms with E-state index >= 15 is 0 Å². The quantitative estimate of drug-likeness (QED) is 0.294. The Morgan fingerprint density at radius 2 is 1.49 bits per heavy atom. The minimum atomic E-state index is -0.647. The second kappa shape index (κ2) is 11.0. The van der Waals surface area contributed by atoms with Gasteiger partial charge in [-0.1, -0.05) is 62.4 Å². The number of esters is 1. The molecule has 3 aromatic rings. The van der Waals surface area contributed by atoms with E-state index in [2.05, 4.69) is 17.4 Å².